The molecule has 2 aromatic carbocycles. The van der Waals surface area contributed by atoms with Crippen LogP contribution in [0.3, 0.4) is 0 Å². The highest BCUT2D eigenvalue weighted by Gasteiger charge is 2.16. The maximum absolute atomic E-state index is 8.88. The molecule has 1 aliphatic heterocycles. The van der Waals surface area contributed by atoms with Gasteiger partial charge in [0.15, 0.2) is 0 Å². The van der Waals surface area contributed by atoms with Crippen molar-refractivity contribution in [2.45, 2.75) is 0 Å². The van der Waals surface area contributed by atoms with Gasteiger partial charge in [0.25, 0.3) is 0 Å². The number of para-hydroxylation sites is 1. The van der Waals surface area contributed by atoms with Gasteiger partial charge >= 0.3 is 0 Å². The van der Waals surface area contributed by atoms with E-state index in [2.05, 4.69) is 41.8 Å². The molecular weight excluding hydrogens is 380 g/mol. The zero-order valence-corrected chi connectivity index (χ0v) is 16.2. The van der Waals surface area contributed by atoms with Crippen LogP contribution in [-0.4, -0.2) is 47.5 Å². The zero-order valence-electron chi connectivity index (χ0n) is 16.2. The molecule has 9 heteroatoms. The molecule has 1 aromatic heterocycles. The fourth-order valence-corrected chi connectivity index (χ4v) is 2.83. The van der Waals surface area contributed by atoms with Crippen molar-refractivity contribution in [2.75, 3.05) is 41.9 Å². The van der Waals surface area contributed by atoms with Crippen LogP contribution in [0.4, 0.5) is 23.5 Å². The van der Waals surface area contributed by atoms with Crippen molar-refractivity contribution in [2.24, 2.45) is 5.10 Å². The molecule has 0 amide bonds. The number of anilines is 4. The van der Waals surface area contributed by atoms with Crippen molar-refractivity contribution in [3.8, 4) is 6.07 Å². The lowest BCUT2D eigenvalue weighted by atomic mass is 10.2. The Morgan fingerprint density at radius 2 is 1.70 bits per heavy atom. The minimum Gasteiger partial charge on any atom is -0.378 e. The topological polar surface area (TPSA) is 111 Å². The smallest absolute Gasteiger partial charge is 0.250 e. The maximum Gasteiger partial charge on any atom is 0.250 e. The minimum absolute atomic E-state index is 0.329. The summed E-state index contributed by atoms with van der Waals surface area (Å²) in [5, 5.41) is 16.3. The van der Waals surface area contributed by atoms with Crippen LogP contribution in [0.25, 0.3) is 0 Å². The van der Waals surface area contributed by atoms with Crippen LogP contribution >= 0.6 is 0 Å². The first-order chi connectivity index (χ1) is 14.8. The lowest BCUT2D eigenvalue weighted by molar-refractivity contribution is 0.122. The Bertz CT molecular complexity index is 1040. The second-order valence-corrected chi connectivity index (χ2v) is 6.48. The summed E-state index contributed by atoms with van der Waals surface area (Å²) in [6.07, 6.45) is 1.64. The van der Waals surface area contributed by atoms with Crippen LogP contribution in [0.2, 0.25) is 0 Å². The number of benzene rings is 2. The molecule has 4 rings (SSSR count). The van der Waals surface area contributed by atoms with E-state index >= 15 is 0 Å². The summed E-state index contributed by atoms with van der Waals surface area (Å²) in [6.45, 7) is 2.69. The molecule has 2 N–H and O–H groups in total. The van der Waals surface area contributed by atoms with Crippen LogP contribution in [-0.2, 0) is 4.74 Å². The summed E-state index contributed by atoms with van der Waals surface area (Å²) in [4.78, 5) is 15.5. The monoisotopic (exact) mass is 400 g/mol. The van der Waals surface area contributed by atoms with Gasteiger partial charge in [-0.3, -0.25) is 0 Å². The molecule has 0 bridgehead atoms. The molecule has 2 heterocycles. The van der Waals surface area contributed by atoms with Gasteiger partial charge in [-0.15, -0.1) is 0 Å². The first-order valence-electron chi connectivity index (χ1n) is 9.50. The Hall–Kier alpha value is -4.03. The molecule has 0 saturated carbocycles. The van der Waals surface area contributed by atoms with Gasteiger partial charge in [0.2, 0.25) is 17.8 Å². The normalized spacial score (nSPS) is 13.8. The fraction of sp³-hybridized carbons (Fsp3) is 0.190. The van der Waals surface area contributed by atoms with Crippen molar-refractivity contribution in [3.63, 3.8) is 0 Å². The van der Waals surface area contributed by atoms with Gasteiger partial charge in [-0.1, -0.05) is 30.3 Å². The molecular formula is C21H20N8O. The number of nitrogens with one attached hydrogen (secondary N) is 2. The second kappa shape index (κ2) is 9.45. The highest BCUT2D eigenvalue weighted by Crippen LogP contribution is 2.18. The molecule has 0 spiro atoms. The predicted octanol–water partition coefficient (Wildman–Crippen LogP) is 2.77. The molecule has 0 unspecified atom stereocenters. The molecule has 1 fully saturated rings. The number of nitriles is 1. The third kappa shape index (κ3) is 5.06. The molecule has 1 saturated heterocycles. The summed E-state index contributed by atoms with van der Waals surface area (Å²) >= 11 is 0. The lowest BCUT2D eigenvalue weighted by Gasteiger charge is -2.27. The van der Waals surface area contributed by atoms with Gasteiger partial charge in [0.1, 0.15) is 0 Å². The van der Waals surface area contributed by atoms with E-state index in [1.165, 1.54) is 0 Å². The quantitative estimate of drug-likeness (QED) is 0.480. The van der Waals surface area contributed by atoms with Gasteiger partial charge in [0, 0.05) is 18.8 Å². The van der Waals surface area contributed by atoms with Crippen molar-refractivity contribution >= 4 is 29.7 Å². The Morgan fingerprint density at radius 1 is 0.967 bits per heavy atom. The molecule has 3 aromatic rings. The summed E-state index contributed by atoms with van der Waals surface area (Å²) in [6, 6.07) is 18.9. The van der Waals surface area contributed by atoms with Crippen LogP contribution in [0, 0.1) is 11.3 Å². The van der Waals surface area contributed by atoms with Gasteiger partial charge in [-0.05, 0) is 29.8 Å². The first-order valence-corrected chi connectivity index (χ1v) is 9.50. The summed E-state index contributed by atoms with van der Waals surface area (Å²) < 4.78 is 5.42. The van der Waals surface area contributed by atoms with E-state index in [4.69, 9.17) is 10.00 Å². The first kappa shape index (κ1) is 19.3. The van der Waals surface area contributed by atoms with Crippen molar-refractivity contribution in [3.05, 3.63) is 65.7 Å². The van der Waals surface area contributed by atoms with E-state index < -0.39 is 0 Å². The number of hydrogen-bond acceptors (Lipinski definition) is 9. The van der Waals surface area contributed by atoms with Gasteiger partial charge in [-0.2, -0.15) is 25.3 Å². The molecule has 1 aliphatic rings. The lowest BCUT2D eigenvalue weighted by Crippen LogP contribution is -2.37. The number of ether oxygens (including phenoxy) is 1. The van der Waals surface area contributed by atoms with Gasteiger partial charge in [0.05, 0.1) is 31.1 Å². The molecule has 9 nitrogen and oxygen atoms in total. The van der Waals surface area contributed by atoms with Crippen molar-refractivity contribution in [1.82, 2.24) is 15.0 Å². The van der Waals surface area contributed by atoms with E-state index in [1.807, 2.05) is 42.5 Å². The Morgan fingerprint density at radius 3 is 2.43 bits per heavy atom. The van der Waals surface area contributed by atoms with Crippen LogP contribution in [0.1, 0.15) is 11.1 Å². The highest BCUT2D eigenvalue weighted by atomic mass is 16.5. The SMILES string of the molecule is N#Cc1ccc(/C=N\Nc2nc(Nc3ccccc3)nc(N3CCOCC3)n2)cc1. The highest BCUT2D eigenvalue weighted by molar-refractivity contribution is 5.80. The fourth-order valence-electron chi connectivity index (χ4n) is 2.83. The van der Waals surface area contributed by atoms with Crippen molar-refractivity contribution in [1.29, 1.82) is 5.26 Å². The van der Waals surface area contributed by atoms with Crippen LogP contribution in [0.5, 0.6) is 0 Å². The summed E-state index contributed by atoms with van der Waals surface area (Å²) in [5.74, 6) is 1.31. The zero-order chi connectivity index (χ0) is 20.6. The molecule has 0 aliphatic carbocycles. The van der Waals surface area contributed by atoms with E-state index in [0.29, 0.717) is 49.7 Å². The van der Waals surface area contributed by atoms with E-state index in [1.54, 1.807) is 18.3 Å². The number of aromatic nitrogens is 3. The van der Waals surface area contributed by atoms with Crippen LogP contribution in [0.15, 0.2) is 59.7 Å². The van der Waals surface area contributed by atoms with E-state index in [-0.39, 0.29) is 0 Å². The predicted molar refractivity (Wildman–Crippen MR) is 115 cm³/mol. The molecule has 0 radical (unpaired) electrons. The largest absolute Gasteiger partial charge is 0.378 e. The Labute approximate surface area is 174 Å². The third-order valence-electron chi connectivity index (χ3n) is 4.37. The molecule has 0 atom stereocenters. The van der Waals surface area contributed by atoms with Gasteiger partial charge < -0.3 is 15.0 Å². The molecule has 150 valence electrons. The number of rotatable bonds is 6. The third-order valence-corrected chi connectivity index (χ3v) is 4.37. The average Bonchev–Trinajstić information content (AvgIpc) is 2.81. The summed E-state index contributed by atoms with van der Waals surface area (Å²) in [7, 11) is 0. The number of morpholine rings is 1. The summed E-state index contributed by atoms with van der Waals surface area (Å²) in [5.41, 5.74) is 5.20. The number of hydrogen-bond donors (Lipinski definition) is 2. The van der Waals surface area contributed by atoms with Crippen molar-refractivity contribution < 1.29 is 4.74 Å². The second-order valence-electron chi connectivity index (χ2n) is 6.48. The standard InChI is InChI=1S/C21H20N8O/c22-14-16-6-8-17(9-7-16)15-23-28-20-25-19(24-18-4-2-1-3-5-18)26-21(27-20)29-10-12-30-13-11-29/h1-9,15H,10-13H2,(H2,24,25,26,27,28)/b23-15-. The number of hydrazone groups is 1. The Balaban J connectivity index is 1.54. The number of nitrogens with zero attached hydrogens (tertiary/aromatic N) is 6. The maximum atomic E-state index is 8.88. The van der Waals surface area contributed by atoms with E-state index in [9.17, 15) is 0 Å². The van der Waals surface area contributed by atoms with E-state index in [0.717, 1.165) is 11.3 Å². The minimum atomic E-state index is 0.329. The van der Waals surface area contributed by atoms with Gasteiger partial charge in [-0.25, -0.2) is 5.43 Å². The van der Waals surface area contributed by atoms with Crippen LogP contribution < -0.4 is 15.6 Å². The molecule has 30 heavy (non-hydrogen) atoms. The average molecular weight is 400 g/mol. The Kier molecular flexibility index (Phi) is 6.08.